The van der Waals surface area contributed by atoms with Crippen molar-refractivity contribution in [2.45, 2.75) is 26.3 Å². The largest absolute Gasteiger partial charge is 0.462 e. The number of ether oxygens (including phenoxy) is 1. The maximum atomic E-state index is 12.1. The molecule has 0 bridgehead atoms. The molecule has 0 saturated carbocycles. The lowest BCUT2D eigenvalue weighted by molar-refractivity contribution is 0.0526. The van der Waals surface area contributed by atoms with Gasteiger partial charge in [-0.1, -0.05) is 6.92 Å². The second kappa shape index (κ2) is 8.14. The van der Waals surface area contributed by atoms with Crippen molar-refractivity contribution in [3.63, 3.8) is 0 Å². The zero-order valence-electron chi connectivity index (χ0n) is 14.1. The third-order valence-electron chi connectivity index (χ3n) is 3.49. The van der Waals surface area contributed by atoms with E-state index in [0.29, 0.717) is 17.9 Å². The molecule has 2 amide bonds. The van der Waals surface area contributed by atoms with E-state index < -0.39 is 0 Å². The molecule has 2 N–H and O–H groups in total. The fraction of sp³-hybridized carbons (Fsp3) is 0.353. The predicted molar refractivity (Wildman–Crippen MR) is 90.8 cm³/mol. The van der Waals surface area contributed by atoms with Crippen LogP contribution < -0.4 is 10.6 Å². The maximum Gasteiger partial charge on any atom is 0.338 e. The number of amides is 2. The second-order valence-corrected chi connectivity index (χ2v) is 5.30. The van der Waals surface area contributed by atoms with Gasteiger partial charge in [0.15, 0.2) is 0 Å². The van der Waals surface area contributed by atoms with Gasteiger partial charge >= 0.3 is 12.0 Å². The first-order valence-corrected chi connectivity index (χ1v) is 7.86. The molecule has 0 aliphatic rings. The number of nitrogens with zero attached hydrogens (tertiary/aromatic N) is 2. The number of aromatic nitrogens is 2. The zero-order valence-corrected chi connectivity index (χ0v) is 14.1. The molecule has 128 valence electrons. The van der Waals surface area contributed by atoms with Crippen LogP contribution in [0.5, 0.6) is 0 Å². The Kier molecular flexibility index (Phi) is 5.95. The summed E-state index contributed by atoms with van der Waals surface area (Å²) in [5.41, 5.74) is 2.00. The monoisotopic (exact) mass is 330 g/mol. The SMILES string of the molecule is CCOC(=O)c1ccc(NC(=O)NC(CC)c2cnn(C)c2)cc1. The van der Waals surface area contributed by atoms with Gasteiger partial charge in [-0.2, -0.15) is 5.10 Å². The minimum Gasteiger partial charge on any atom is -0.462 e. The summed E-state index contributed by atoms with van der Waals surface area (Å²) in [7, 11) is 1.83. The summed E-state index contributed by atoms with van der Waals surface area (Å²) in [5.74, 6) is -0.379. The quantitative estimate of drug-likeness (QED) is 0.798. The van der Waals surface area contributed by atoms with Crippen molar-refractivity contribution in [2.24, 2.45) is 7.05 Å². The Labute approximate surface area is 141 Å². The minimum absolute atomic E-state index is 0.113. The third-order valence-corrected chi connectivity index (χ3v) is 3.49. The van der Waals surface area contributed by atoms with Gasteiger partial charge in [-0.05, 0) is 37.6 Å². The van der Waals surface area contributed by atoms with Crippen molar-refractivity contribution >= 4 is 17.7 Å². The van der Waals surface area contributed by atoms with E-state index in [2.05, 4.69) is 15.7 Å². The van der Waals surface area contributed by atoms with Crippen molar-refractivity contribution in [2.75, 3.05) is 11.9 Å². The molecule has 1 atom stereocenters. The van der Waals surface area contributed by atoms with Crippen molar-refractivity contribution in [3.05, 3.63) is 47.8 Å². The highest BCUT2D eigenvalue weighted by Gasteiger charge is 2.14. The van der Waals surface area contributed by atoms with E-state index in [4.69, 9.17) is 4.74 Å². The first-order chi connectivity index (χ1) is 11.5. The minimum atomic E-state index is -0.379. The van der Waals surface area contributed by atoms with Crippen LogP contribution in [0.3, 0.4) is 0 Å². The lowest BCUT2D eigenvalue weighted by Gasteiger charge is -2.16. The average molecular weight is 330 g/mol. The molecular formula is C17H22N4O3. The van der Waals surface area contributed by atoms with Crippen molar-refractivity contribution in [1.82, 2.24) is 15.1 Å². The second-order valence-electron chi connectivity index (χ2n) is 5.30. The van der Waals surface area contributed by atoms with Gasteiger partial charge in [0.2, 0.25) is 0 Å². The van der Waals surface area contributed by atoms with Crippen LogP contribution in [0.15, 0.2) is 36.7 Å². The molecular weight excluding hydrogens is 308 g/mol. The van der Waals surface area contributed by atoms with Gasteiger partial charge in [-0.3, -0.25) is 4.68 Å². The fourth-order valence-corrected chi connectivity index (χ4v) is 2.27. The van der Waals surface area contributed by atoms with E-state index in [1.54, 1.807) is 42.1 Å². The normalized spacial score (nSPS) is 11.6. The first kappa shape index (κ1) is 17.5. The molecule has 2 aromatic rings. The number of carbonyl (C=O) groups excluding carboxylic acids is 2. The Balaban J connectivity index is 1.95. The smallest absolute Gasteiger partial charge is 0.338 e. The Morgan fingerprint density at radius 2 is 1.96 bits per heavy atom. The zero-order chi connectivity index (χ0) is 17.5. The molecule has 1 aromatic carbocycles. The highest BCUT2D eigenvalue weighted by Crippen LogP contribution is 2.16. The maximum absolute atomic E-state index is 12.1. The summed E-state index contributed by atoms with van der Waals surface area (Å²) in [6.07, 6.45) is 4.37. The molecule has 0 saturated heterocycles. The molecule has 1 aromatic heterocycles. The molecule has 0 aliphatic heterocycles. The number of anilines is 1. The Hall–Kier alpha value is -2.83. The topological polar surface area (TPSA) is 85.2 Å². The van der Waals surface area contributed by atoms with Crippen molar-refractivity contribution < 1.29 is 14.3 Å². The van der Waals surface area contributed by atoms with Crippen LogP contribution in [0, 0.1) is 0 Å². The van der Waals surface area contributed by atoms with E-state index in [-0.39, 0.29) is 18.0 Å². The molecule has 1 unspecified atom stereocenters. The van der Waals surface area contributed by atoms with Crippen LogP contribution in [0.1, 0.15) is 42.2 Å². The van der Waals surface area contributed by atoms with Crippen molar-refractivity contribution in [3.8, 4) is 0 Å². The standard InChI is InChI=1S/C17H22N4O3/c1-4-15(13-10-18-21(3)11-13)20-17(23)19-14-8-6-12(7-9-14)16(22)24-5-2/h6-11,15H,4-5H2,1-3H3,(H2,19,20,23). The van der Waals surface area contributed by atoms with Gasteiger partial charge in [-0.15, -0.1) is 0 Å². The summed E-state index contributed by atoms with van der Waals surface area (Å²) < 4.78 is 6.62. The Bertz CT molecular complexity index is 694. The summed E-state index contributed by atoms with van der Waals surface area (Å²) in [5, 5.41) is 9.78. The summed E-state index contributed by atoms with van der Waals surface area (Å²) >= 11 is 0. The number of aryl methyl sites for hydroxylation is 1. The van der Waals surface area contributed by atoms with Crippen LogP contribution >= 0.6 is 0 Å². The van der Waals surface area contributed by atoms with Gasteiger partial charge in [0, 0.05) is 24.5 Å². The van der Waals surface area contributed by atoms with Crippen LogP contribution in [-0.2, 0) is 11.8 Å². The Morgan fingerprint density at radius 1 is 1.25 bits per heavy atom. The van der Waals surface area contributed by atoms with E-state index >= 15 is 0 Å². The summed E-state index contributed by atoms with van der Waals surface area (Å²) in [6.45, 7) is 4.07. The highest BCUT2D eigenvalue weighted by atomic mass is 16.5. The summed E-state index contributed by atoms with van der Waals surface area (Å²) in [4.78, 5) is 23.7. The number of benzene rings is 1. The van der Waals surface area contributed by atoms with Crippen LogP contribution in [-0.4, -0.2) is 28.4 Å². The van der Waals surface area contributed by atoms with Gasteiger partial charge < -0.3 is 15.4 Å². The van der Waals surface area contributed by atoms with Gasteiger partial charge in [0.1, 0.15) is 0 Å². The highest BCUT2D eigenvalue weighted by molar-refractivity contribution is 5.92. The number of esters is 1. The number of nitrogens with one attached hydrogen (secondary N) is 2. The van der Waals surface area contributed by atoms with Crippen molar-refractivity contribution in [1.29, 1.82) is 0 Å². The van der Waals surface area contributed by atoms with Gasteiger partial charge in [-0.25, -0.2) is 9.59 Å². The number of carbonyl (C=O) groups is 2. The van der Waals surface area contributed by atoms with E-state index in [0.717, 1.165) is 12.0 Å². The fourth-order valence-electron chi connectivity index (χ4n) is 2.27. The predicted octanol–water partition coefficient (Wildman–Crippen LogP) is 2.87. The summed E-state index contributed by atoms with van der Waals surface area (Å²) in [6, 6.07) is 6.14. The number of rotatable bonds is 6. The lowest BCUT2D eigenvalue weighted by Crippen LogP contribution is -2.32. The molecule has 0 fully saturated rings. The Morgan fingerprint density at radius 3 is 2.50 bits per heavy atom. The lowest BCUT2D eigenvalue weighted by atomic mass is 10.1. The molecule has 0 spiro atoms. The molecule has 24 heavy (non-hydrogen) atoms. The molecule has 7 nitrogen and oxygen atoms in total. The average Bonchev–Trinajstić information content (AvgIpc) is 3.00. The molecule has 2 rings (SSSR count). The third kappa shape index (κ3) is 4.58. The van der Waals surface area contributed by atoms with E-state index in [9.17, 15) is 9.59 Å². The number of hydrogen-bond donors (Lipinski definition) is 2. The van der Waals surface area contributed by atoms with E-state index in [1.165, 1.54) is 0 Å². The number of urea groups is 1. The molecule has 0 radical (unpaired) electrons. The molecule has 0 aliphatic carbocycles. The van der Waals surface area contributed by atoms with Crippen LogP contribution in [0.2, 0.25) is 0 Å². The van der Waals surface area contributed by atoms with Gasteiger partial charge in [0.25, 0.3) is 0 Å². The van der Waals surface area contributed by atoms with Gasteiger partial charge in [0.05, 0.1) is 24.4 Å². The van der Waals surface area contributed by atoms with E-state index in [1.807, 2.05) is 20.2 Å². The molecule has 1 heterocycles. The first-order valence-electron chi connectivity index (χ1n) is 7.86. The number of hydrogen-bond acceptors (Lipinski definition) is 4. The molecule has 7 heteroatoms. The van der Waals surface area contributed by atoms with Crippen LogP contribution in [0.25, 0.3) is 0 Å². The van der Waals surface area contributed by atoms with Crippen LogP contribution in [0.4, 0.5) is 10.5 Å².